The summed E-state index contributed by atoms with van der Waals surface area (Å²) >= 11 is 0. The largest absolute Gasteiger partial charge is 0.250 e. The molecule has 1 saturated carbocycles. The number of nitrogens with zero attached hydrogens (tertiary/aromatic N) is 2. The first kappa shape index (κ1) is 39.1. The standard InChI is InChI=1S/C58H54N2/c1-37-33-50(39(3)43-21-11-7-12-22-43)55(51(34-37)40(4)44-23-13-8-14-24-44)59-57-48-31-19-29-47-30-20-32-49(54(47)48)58(57)60-56-52(41(5)45-25-15-9-16-26-45)35-38(2)36-53(56)42(6)46-27-17-10-18-28-46/h7-36,39-42,48,54H,1-6H3/t39-,40-,41-,42-,48?,54?/m1/s1. The Morgan fingerprint density at radius 3 is 1.23 bits per heavy atom. The van der Waals surface area contributed by atoms with E-state index in [2.05, 4.69) is 224 Å². The first-order chi connectivity index (χ1) is 29.3. The fraction of sp³-hybridized carbons (Fsp3) is 0.207. The van der Waals surface area contributed by atoms with Crippen LogP contribution < -0.4 is 0 Å². The molecule has 0 saturated heterocycles. The van der Waals surface area contributed by atoms with Gasteiger partial charge in [-0.15, -0.1) is 0 Å². The van der Waals surface area contributed by atoms with E-state index in [1.807, 2.05) is 0 Å². The van der Waals surface area contributed by atoms with E-state index in [0.29, 0.717) is 0 Å². The van der Waals surface area contributed by atoms with Crippen LogP contribution >= 0.6 is 0 Å². The van der Waals surface area contributed by atoms with Gasteiger partial charge in [0.25, 0.3) is 0 Å². The van der Waals surface area contributed by atoms with Gasteiger partial charge in [0.05, 0.1) is 22.8 Å². The quantitative estimate of drug-likeness (QED) is 0.132. The fourth-order valence-corrected chi connectivity index (χ4v) is 9.80. The molecule has 6 aromatic carbocycles. The van der Waals surface area contributed by atoms with Crippen molar-refractivity contribution in [1.29, 1.82) is 0 Å². The van der Waals surface area contributed by atoms with E-state index >= 15 is 0 Å². The van der Waals surface area contributed by atoms with E-state index in [9.17, 15) is 0 Å². The van der Waals surface area contributed by atoms with Gasteiger partial charge >= 0.3 is 0 Å². The minimum absolute atomic E-state index is 0.0523. The lowest BCUT2D eigenvalue weighted by Crippen LogP contribution is -2.19. The summed E-state index contributed by atoms with van der Waals surface area (Å²) in [5, 5.41) is 0. The van der Waals surface area contributed by atoms with Crippen LogP contribution in [0.5, 0.6) is 0 Å². The second kappa shape index (κ2) is 16.7. The lowest BCUT2D eigenvalue weighted by Gasteiger charge is -2.25. The van der Waals surface area contributed by atoms with Crippen LogP contribution in [0.3, 0.4) is 0 Å². The summed E-state index contributed by atoms with van der Waals surface area (Å²) in [7, 11) is 0. The van der Waals surface area contributed by atoms with E-state index in [-0.39, 0.29) is 35.5 Å². The molecule has 0 amide bonds. The van der Waals surface area contributed by atoms with Crippen LogP contribution in [0.1, 0.15) is 107 Å². The first-order valence-corrected chi connectivity index (χ1v) is 21.7. The van der Waals surface area contributed by atoms with E-state index < -0.39 is 0 Å². The average molecular weight is 779 g/mol. The number of hydrogen-bond acceptors (Lipinski definition) is 2. The summed E-state index contributed by atoms with van der Waals surface area (Å²) in [6.07, 6.45) is 13.7. The highest BCUT2D eigenvalue weighted by Crippen LogP contribution is 2.49. The fourth-order valence-electron chi connectivity index (χ4n) is 9.80. The molecule has 9 rings (SSSR count). The Hall–Kier alpha value is -6.38. The summed E-state index contributed by atoms with van der Waals surface area (Å²) < 4.78 is 0. The number of hydrogen-bond donors (Lipinski definition) is 0. The van der Waals surface area contributed by atoms with Crippen LogP contribution in [0.15, 0.2) is 203 Å². The van der Waals surface area contributed by atoms with E-state index in [1.54, 1.807) is 0 Å². The molecule has 2 heteroatoms. The molecule has 0 N–H and O–H groups in total. The smallest absolute Gasteiger partial charge is 0.0897 e. The number of aliphatic imine (C=N–C) groups is 2. The van der Waals surface area contributed by atoms with Gasteiger partial charge < -0.3 is 0 Å². The molecular weight excluding hydrogens is 725 g/mol. The molecule has 2 unspecified atom stereocenters. The third-order valence-electron chi connectivity index (χ3n) is 13.2. The van der Waals surface area contributed by atoms with Crippen LogP contribution in [0, 0.1) is 25.7 Å². The first-order valence-electron chi connectivity index (χ1n) is 21.7. The maximum atomic E-state index is 6.04. The van der Waals surface area contributed by atoms with Gasteiger partial charge in [0.1, 0.15) is 0 Å². The highest BCUT2D eigenvalue weighted by molar-refractivity contribution is 6.53. The topological polar surface area (TPSA) is 24.7 Å². The van der Waals surface area contributed by atoms with Gasteiger partial charge in [-0.1, -0.05) is 221 Å². The Balaban J connectivity index is 1.33. The van der Waals surface area contributed by atoms with E-state index in [1.165, 1.54) is 66.8 Å². The Morgan fingerprint density at radius 1 is 0.450 bits per heavy atom. The van der Waals surface area contributed by atoms with E-state index in [0.717, 1.165) is 22.8 Å². The molecule has 6 aromatic rings. The predicted octanol–water partition coefficient (Wildman–Crippen LogP) is 15.0. The third kappa shape index (κ3) is 7.41. The monoisotopic (exact) mass is 778 g/mol. The Kier molecular flexibility index (Phi) is 10.9. The average Bonchev–Trinajstić information content (AvgIpc) is 3.59. The maximum Gasteiger partial charge on any atom is 0.0897 e. The lowest BCUT2D eigenvalue weighted by atomic mass is 9.80. The van der Waals surface area contributed by atoms with Crippen LogP contribution in [0.2, 0.25) is 0 Å². The van der Waals surface area contributed by atoms with Crippen molar-refractivity contribution in [2.75, 3.05) is 0 Å². The Bertz CT molecular complexity index is 2580. The molecule has 3 aliphatic carbocycles. The SMILES string of the molecule is Cc1cc([C@H](C)c2ccccc2)c(N=C2C3=CC=CC4=CC=CC(C2=Nc2c([C@H](C)c5ccccc5)cc(C)cc2[C@H](C)c2ccccc2)C43)c([C@H](C)c2ccccc2)c1. The Morgan fingerprint density at radius 2 is 0.833 bits per heavy atom. The van der Waals surface area contributed by atoms with Gasteiger partial charge in [-0.2, -0.15) is 0 Å². The molecule has 3 aliphatic rings. The number of benzene rings is 6. The molecular formula is C58H54N2. The normalized spacial score (nSPS) is 20.0. The number of aryl methyl sites for hydroxylation is 2. The molecule has 296 valence electrons. The van der Waals surface area contributed by atoms with Gasteiger partial charge in [0, 0.05) is 35.5 Å². The molecule has 0 aromatic heterocycles. The highest BCUT2D eigenvalue weighted by Gasteiger charge is 2.44. The summed E-state index contributed by atoms with van der Waals surface area (Å²) in [6, 6.07) is 53.1. The summed E-state index contributed by atoms with van der Waals surface area (Å²) in [5.41, 5.74) is 19.3. The van der Waals surface area contributed by atoms with E-state index in [4.69, 9.17) is 9.98 Å². The molecule has 2 nitrogen and oxygen atoms in total. The molecule has 0 heterocycles. The van der Waals surface area contributed by atoms with Gasteiger partial charge in [-0.25, -0.2) is 9.98 Å². The summed E-state index contributed by atoms with van der Waals surface area (Å²) in [5.74, 6) is 0.715. The summed E-state index contributed by atoms with van der Waals surface area (Å²) in [6.45, 7) is 13.8. The highest BCUT2D eigenvalue weighted by atomic mass is 14.9. The lowest BCUT2D eigenvalue weighted by molar-refractivity contribution is 0.680. The van der Waals surface area contributed by atoms with Crippen molar-refractivity contribution in [3.8, 4) is 0 Å². The summed E-state index contributed by atoms with van der Waals surface area (Å²) in [4.78, 5) is 12.1. The molecule has 1 fully saturated rings. The molecule has 60 heavy (non-hydrogen) atoms. The minimum Gasteiger partial charge on any atom is -0.250 e. The second-order valence-corrected chi connectivity index (χ2v) is 17.1. The molecule has 6 atom stereocenters. The Labute approximate surface area is 357 Å². The number of allylic oxidation sites excluding steroid dienone is 8. The molecule has 0 spiro atoms. The molecule has 0 aliphatic heterocycles. The second-order valence-electron chi connectivity index (χ2n) is 17.1. The zero-order chi connectivity index (χ0) is 41.3. The van der Waals surface area contributed by atoms with Crippen LogP contribution in [0.25, 0.3) is 0 Å². The van der Waals surface area contributed by atoms with Crippen molar-refractivity contribution in [2.24, 2.45) is 21.8 Å². The van der Waals surface area contributed by atoms with Gasteiger partial charge in [0.2, 0.25) is 0 Å². The van der Waals surface area contributed by atoms with Gasteiger partial charge in [-0.3, -0.25) is 0 Å². The third-order valence-corrected chi connectivity index (χ3v) is 13.2. The van der Waals surface area contributed by atoms with Crippen molar-refractivity contribution in [3.63, 3.8) is 0 Å². The van der Waals surface area contributed by atoms with Crippen molar-refractivity contribution in [3.05, 3.63) is 249 Å². The van der Waals surface area contributed by atoms with Crippen LogP contribution in [0.4, 0.5) is 11.4 Å². The van der Waals surface area contributed by atoms with Crippen molar-refractivity contribution >= 4 is 22.8 Å². The zero-order valence-electron chi connectivity index (χ0n) is 35.7. The molecule has 0 bridgehead atoms. The zero-order valence-corrected chi connectivity index (χ0v) is 35.7. The minimum atomic E-state index is 0.0523. The van der Waals surface area contributed by atoms with Crippen LogP contribution in [-0.2, 0) is 0 Å². The van der Waals surface area contributed by atoms with Crippen LogP contribution in [-0.4, -0.2) is 11.4 Å². The van der Waals surface area contributed by atoms with Gasteiger partial charge in [0.15, 0.2) is 0 Å². The van der Waals surface area contributed by atoms with Crippen molar-refractivity contribution < 1.29 is 0 Å². The van der Waals surface area contributed by atoms with Crippen molar-refractivity contribution in [1.82, 2.24) is 0 Å². The molecule has 0 radical (unpaired) electrons. The van der Waals surface area contributed by atoms with Crippen molar-refractivity contribution in [2.45, 2.75) is 65.2 Å². The number of rotatable bonds is 10. The predicted molar refractivity (Wildman–Crippen MR) is 254 cm³/mol. The van der Waals surface area contributed by atoms with Gasteiger partial charge in [-0.05, 0) is 69.5 Å². The maximum absolute atomic E-state index is 6.04.